The van der Waals surface area contributed by atoms with Gasteiger partial charge in [-0.25, -0.2) is 8.78 Å². The summed E-state index contributed by atoms with van der Waals surface area (Å²) < 4.78 is 34.7. The van der Waals surface area contributed by atoms with Gasteiger partial charge in [-0.1, -0.05) is 43.3 Å². The quantitative estimate of drug-likeness (QED) is 0.201. The minimum absolute atomic E-state index is 0.0340. The van der Waals surface area contributed by atoms with E-state index in [1.807, 2.05) is 44.2 Å². The van der Waals surface area contributed by atoms with E-state index in [0.717, 1.165) is 57.0 Å². The van der Waals surface area contributed by atoms with Crippen LogP contribution in [0.3, 0.4) is 0 Å². The number of carbonyl (C=O) groups excluding carboxylic acids is 1. The lowest BCUT2D eigenvalue weighted by Gasteiger charge is -2.15. The molecule has 0 bridgehead atoms. The number of aryl methyl sites for hydroxylation is 3. The number of hydrogen-bond donors (Lipinski definition) is 0. The van der Waals surface area contributed by atoms with Crippen LogP contribution in [0.4, 0.5) is 8.78 Å². The van der Waals surface area contributed by atoms with E-state index in [1.165, 1.54) is 6.07 Å². The number of benzene rings is 2. The molecule has 3 heterocycles. The van der Waals surface area contributed by atoms with E-state index in [2.05, 4.69) is 34.6 Å². The lowest BCUT2D eigenvalue weighted by molar-refractivity contribution is 0.0982. The Morgan fingerprint density at radius 1 is 1.03 bits per heavy atom. The smallest absolute Gasteiger partial charge is 0.165 e. The zero-order valence-corrected chi connectivity index (χ0v) is 21.9. The first kappa shape index (κ1) is 25.5. The molecule has 0 fully saturated rings. The van der Waals surface area contributed by atoms with Crippen molar-refractivity contribution in [3.8, 4) is 11.1 Å². The number of hydrogen-bond acceptors (Lipinski definition) is 4. The lowest BCUT2D eigenvalue weighted by atomic mass is 9.95. The number of Topliss-reactive ketones (excluding diaryl/α,β-unsaturated/α-hetero) is 1. The van der Waals surface area contributed by atoms with Crippen molar-refractivity contribution in [2.75, 3.05) is 0 Å². The zero-order chi connectivity index (χ0) is 27.0. The molecule has 5 rings (SSSR count). The Morgan fingerprint density at radius 3 is 2.50 bits per heavy atom. The van der Waals surface area contributed by atoms with Gasteiger partial charge in [-0.15, -0.1) is 0 Å². The first-order chi connectivity index (χ1) is 18.2. The molecular formula is C31H29F2N3O2. The van der Waals surface area contributed by atoms with Gasteiger partial charge in [-0.3, -0.25) is 9.78 Å². The zero-order valence-electron chi connectivity index (χ0n) is 21.9. The van der Waals surface area contributed by atoms with Crippen LogP contribution >= 0.6 is 0 Å². The second-order valence-electron chi connectivity index (χ2n) is 9.92. The summed E-state index contributed by atoms with van der Waals surface area (Å²) in [6.07, 6.45) is 2.26. The van der Waals surface area contributed by atoms with Crippen LogP contribution in [0, 0.1) is 25.5 Å². The van der Waals surface area contributed by atoms with Gasteiger partial charge in [0.1, 0.15) is 5.76 Å². The number of carbonyl (C=O) groups is 1. The molecule has 5 nitrogen and oxygen atoms in total. The molecule has 0 saturated heterocycles. The molecule has 0 spiro atoms. The maximum atomic E-state index is 13.8. The van der Waals surface area contributed by atoms with E-state index >= 15 is 0 Å². The van der Waals surface area contributed by atoms with Crippen molar-refractivity contribution in [1.29, 1.82) is 0 Å². The third-order valence-corrected chi connectivity index (χ3v) is 6.92. The molecule has 0 unspecified atom stereocenters. The number of halogens is 2. The largest absolute Gasteiger partial charge is 0.361 e. The van der Waals surface area contributed by atoms with E-state index < -0.39 is 11.6 Å². The second kappa shape index (κ2) is 10.3. The van der Waals surface area contributed by atoms with Gasteiger partial charge in [0.05, 0.1) is 17.9 Å². The molecule has 7 heteroatoms. The Hall–Kier alpha value is -4.13. The summed E-state index contributed by atoms with van der Waals surface area (Å²) >= 11 is 0. The van der Waals surface area contributed by atoms with Crippen LogP contribution in [0.2, 0.25) is 0 Å². The van der Waals surface area contributed by atoms with Crippen LogP contribution in [0.1, 0.15) is 64.9 Å². The van der Waals surface area contributed by atoms with Crippen molar-refractivity contribution in [2.45, 2.75) is 53.0 Å². The molecule has 0 N–H and O–H groups in total. The van der Waals surface area contributed by atoms with Gasteiger partial charge in [0.15, 0.2) is 17.4 Å². The molecule has 3 aromatic heterocycles. The molecule has 0 aliphatic heterocycles. The fourth-order valence-electron chi connectivity index (χ4n) is 5.22. The highest BCUT2D eigenvalue weighted by molar-refractivity contribution is 6.10. The molecule has 0 atom stereocenters. The van der Waals surface area contributed by atoms with Gasteiger partial charge in [0.2, 0.25) is 0 Å². The minimum Gasteiger partial charge on any atom is -0.361 e. The maximum Gasteiger partial charge on any atom is 0.165 e. The van der Waals surface area contributed by atoms with Crippen LogP contribution in [0.25, 0.3) is 22.0 Å². The summed E-state index contributed by atoms with van der Waals surface area (Å²) in [5, 5.41) is 4.97. The Labute approximate surface area is 220 Å². The van der Waals surface area contributed by atoms with Crippen LogP contribution in [-0.4, -0.2) is 20.5 Å². The summed E-state index contributed by atoms with van der Waals surface area (Å²) in [5.74, 6) is -1.05. The SMILES string of the molecule is Cc1noc(C)c1-c1ccc2c(C(=O)CCc3ccc(F)c(F)c3)c(C(C)C)n(Cc3ccccn3)c2c1. The Bertz CT molecular complexity index is 1610. The number of aromatic nitrogens is 3. The number of fused-ring (bicyclic) bond motifs is 1. The Kier molecular flexibility index (Phi) is 6.93. The standard InChI is InChI=1S/C31H29F2N3O2/c1-18(2)31-30(28(37)13-9-21-8-12-25(32)26(33)15-21)24-11-10-22(29-19(3)35-38-20(29)4)16-27(24)36(31)17-23-7-5-6-14-34-23/h5-8,10-12,14-16,18H,9,13,17H2,1-4H3. The Balaban J connectivity index is 1.64. The number of rotatable bonds is 8. The van der Waals surface area contributed by atoms with Gasteiger partial charge in [-0.05, 0) is 67.6 Å². The molecule has 0 aliphatic rings. The molecule has 5 aromatic rings. The first-order valence-electron chi connectivity index (χ1n) is 12.7. The van der Waals surface area contributed by atoms with Crippen molar-refractivity contribution in [2.24, 2.45) is 0 Å². The van der Waals surface area contributed by atoms with Gasteiger partial charge < -0.3 is 9.09 Å². The van der Waals surface area contributed by atoms with Crippen LogP contribution < -0.4 is 0 Å². The highest BCUT2D eigenvalue weighted by atomic mass is 19.2. The maximum absolute atomic E-state index is 13.8. The van der Waals surface area contributed by atoms with Crippen LogP contribution in [0.5, 0.6) is 0 Å². The normalized spacial score (nSPS) is 11.6. The van der Waals surface area contributed by atoms with Gasteiger partial charge in [0.25, 0.3) is 0 Å². The molecular weight excluding hydrogens is 484 g/mol. The van der Waals surface area contributed by atoms with Crippen molar-refractivity contribution in [3.05, 3.63) is 106 Å². The summed E-state index contributed by atoms with van der Waals surface area (Å²) in [6.45, 7) is 8.45. The highest BCUT2D eigenvalue weighted by Crippen LogP contribution is 2.37. The average Bonchev–Trinajstić information content (AvgIpc) is 3.41. The lowest BCUT2D eigenvalue weighted by Crippen LogP contribution is -2.11. The van der Waals surface area contributed by atoms with E-state index in [9.17, 15) is 13.6 Å². The molecule has 0 amide bonds. The van der Waals surface area contributed by atoms with Crippen molar-refractivity contribution in [3.63, 3.8) is 0 Å². The first-order valence-corrected chi connectivity index (χ1v) is 12.7. The van der Waals surface area contributed by atoms with Crippen LogP contribution in [0.15, 0.2) is 65.3 Å². The van der Waals surface area contributed by atoms with E-state index in [-0.39, 0.29) is 18.1 Å². The monoisotopic (exact) mass is 513 g/mol. The molecule has 194 valence electrons. The molecule has 0 aliphatic carbocycles. The summed E-state index contributed by atoms with van der Waals surface area (Å²) in [6, 6.07) is 15.7. The summed E-state index contributed by atoms with van der Waals surface area (Å²) in [5.41, 5.74) is 6.69. The molecule has 0 radical (unpaired) electrons. The number of nitrogens with zero attached hydrogens (tertiary/aromatic N) is 3. The minimum atomic E-state index is -0.906. The van der Waals surface area contributed by atoms with E-state index in [0.29, 0.717) is 24.1 Å². The van der Waals surface area contributed by atoms with Crippen molar-refractivity contribution < 1.29 is 18.1 Å². The Morgan fingerprint density at radius 2 is 1.84 bits per heavy atom. The third-order valence-electron chi connectivity index (χ3n) is 6.92. The summed E-state index contributed by atoms with van der Waals surface area (Å²) in [4.78, 5) is 18.3. The van der Waals surface area contributed by atoms with Gasteiger partial charge in [-0.2, -0.15) is 0 Å². The highest BCUT2D eigenvalue weighted by Gasteiger charge is 2.25. The predicted octanol–water partition coefficient (Wildman–Crippen LogP) is 7.57. The van der Waals surface area contributed by atoms with E-state index in [4.69, 9.17) is 4.52 Å². The summed E-state index contributed by atoms with van der Waals surface area (Å²) in [7, 11) is 0. The van der Waals surface area contributed by atoms with Crippen molar-refractivity contribution in [1.82, 2.24) is 14.7 Å². The number of ketones is 1. The fourth-order valence-corrected chi connectivity index (χ4v) is 5.22. The molecule has 0 saturated carbocycles. The van der Waals surface area contributed by atoms with Gasteiger partial charge >= 0.3 is 0 Å². The number of pyridine rings is 1. The fraction of sp³-hybridized carbons (Fsp3) is 0.258. The topological polar surface area (TPSA) is 60.9 Å². The average molecular weight is 514 g/mol. The predicted molar refractivity (Wildman–Crippen MR) is 143 cm³/mol. The van der Waals surface area contributed by atoms with E-state index in [1.54, 1.807) is 6.20 Å². The second-order valence-corrected chi connectivity index (χ2v) is 9.92. The van der Waals surface area contributed by atoms with Gasteiger partial charge in [0, 0.05) is 40.3 Å². The van der Waals surface area contributed by atoms with Crippen molar-refractivity contribution >= 4 is 16.7 Å². The van der Waals surface area contributed by atoms with Crippen LogP contribution in [-0.2, 0) is 13.0 Å². The third kappa shape index (κ3) is 4.76. The molecule has 2 aromatic carbocycles. The molecule has 38 heavy (non-hydrogen) atoms.